The summed E-state index contributed by atoms with van der Waals surface area (Å²) in [6, 6.07) is 9.73. The molecule has 2 aromatic rings. The summed E-state index contributed by atoms with van der Waals surface area (Å²) in [6.45, 7) is 0.293. The van der Waals surface area contributed by atoms with Gasteiger partial charge in [-0.25, -0.2) is 0 Å². The standard InChI is InChI=1S/C13H15N3O/c1-16(2)13(17)9-15-12-7-8-14-11-6-4-3-5-10(11)12/h3-8H,9H2,1-2H3,(H,14,15). The van der Waals surface area contributed by atoms with Crippen molar-refractivity contribution in [1.82, 2.24) is 9.88 Å². The molecule has 0 unspecified atom stereocenters. The Kier molecular flexibility index (Phi) is 3.23. The van der Waals surface area contributed by atoms with Crippen LogP contribution >= 0.6 is 0 Å². The van der Waals surface area contributed by atoms with E-state index in [4.69, 9.17) is 0 Å². The maximum atomic E-state index is 11.5. The van der Waals surface area contributed by atoms with Crippen LogP contribution in [0.4, 0.5) is 5.69 Å². The van der Waals surface area contributed by atoms with Gasteiger partial charge in [0.1, 0.15) is 0 Å². The fraction of sp³-hybridized carbons (Fsp3) is 0.231. The average Bonchev–Trinajstić information content (AvgIpc) is 2.35. The van der Waals surface area contributed by atoms with Gasteiger partial charge in [0.05, 0.1) is 12.1 Å². The zero-order chi connectivity index (χ0) is 12.3. The number of para-hydroxylation sites is 1. The Hall–Kier alpha value is -2.10. The predicted molar refractivity (Wildman–Crippen MR) is 68.9 cm³/mol. The van der Waals surface area contributed by atoms with Crippen LogP contribution < -0.4 is 5.32 Å². The van der Waals surface area contributed by atoms with E-state index >= 15 is 0 Å². The van der Waals surface area contributed by atoms with E-state index in [1.54, 1.807) is 25.2 Å². The van der Waals surface area contributed by atoms with E-state index in [1.807, 2.05) is 30.3 Å². The van der Waals surface area contributed by atoms with Crippen molar-refractivity contribution in [2.45, 2.75) is 0 Å². The zero-order valence-corrected chi connectivity index (χ0v) is 9.97. The van der Waals surface area contributed by atoms with Gasteiger partial charge in [0.15, 0.2) is 0 Å². The minimum atomic E-state index is 0.0471. The van der Waals surface area contributed by atoms with Gasteiger partial charge in [0, 0.05) is 31.4 Å². The van der Waals surface area contributed by atoms with E-state index < -0.39 is 0 Å². The first kappa shape index (κ1) is 11.4. The number of fused-ring (bicyclic) bond motifs is 1. The van der Waals surface area contributed by atoms with Gasteiger partial charge in [-0.15, -0.1) is 0 Å². The van der Waals surface area contributed by atoms with Crippen LogP contribution in [0.1, 0.15) is 0 Å². The van der Waals surface area contributed by atoms with Crippen LogP contribution in [-0.2, 0) is 4.79 Å². The maximum Gasteiger partial charge on any atom is 0.241 e. The highest BCUT2D eigenvalue weighted by Gasteiger charge is 2.05. The fourth-order valence-electron chi connectivity index (χ4n) is 1.58. The molecule has 4 heteroatoms. The number of carbonyl (C=O) groups is 1. The zero-order valence-electron chi connectivity index (χ0n) is 9.97. The number of likely N-dealkylation sites (N-methyl/N-ethyl adjacent to an activating group) is 1. The van der Waals surface area contributed by atoms with E-state index in [2.05, 4.69) is 10.3 Å². The van der Waals surface area contributed by atoms with Crippen molar-refractivity contribution in [3.8, 4) is 0 Å². The van der Waals surface area contributed by atoms with Crippen molar-refractivity contribution in [1.29, 1.82) is 0 Å². The molecule has 88 valence electrons. The molecule has 1 aromatic heterocycles. The molecule has 0 fully saturated rings. The number of hydrogen-bond acceptors (Lipinski definition) is 3. The number of rotatable bonds is 3. The molecule has 0 aliphatic rings. The van der Waals surface area contributed by atoms with E-state index in [0.29, 0.717) is 6.54 Å². The molecule has 0 spiro atoms. The number of hydrogen-bond donors (Lipinski definition) is 1. The molecule has 0 bridgehead atoms. The quantitative estimate of drug-likeness (QED) is 0.871. The molecule has 0 saturated carbocycles. The van der Waals surface area contributed by atoms with Gasteiger partial charge >= 0.3 is 0 Å². The van der Waals surface area contributed by atoms with E-state index in [1.165, 1.54) is 0 Å². The van der Waals surface area contributed by atoms with Crippen LogP contribution in [0.25, 0.3) is 10.9 Å². The lowest BCUT2D eigenvalue weighted by Gasteiger charge is -2.12. The second-order valence-electron chi connectivity index (χ2n) is 4.02. The van der Waals surface area contributed by atoms with Crippen LogP contribution in [0.5, 0.6) is 0 Å². The number of benzene rings is 1. The maximum absolute atomic E-state index is 11.5. The normalized spacial score (nSPS) is 10.2. The molecule has 0 aliphatic heterocycles. The van der Waals surface area contributed by atoms with Gasteiger partial charge in [-0.2, -0.15) is 0 Å². The SMILES string of the molecule is CN(C)C(=O)CNc1ccnc2ccccc12. The van der Waals surface area contributed by atoms with Crippen LogP contribution in [0, 0.1) is 0 Å². The third kappa shape index (κ3) is 2.53. The molecular formula is C13H15N3O. The van der Waals surface area contributed by atoms with Gasteiger partial charge in [0.2, 0.25) is 5.91 Å². The van der Waals surface area contributed by atoms with Crippen molar-refractivity contribution < 1.29 is 4.79 Å². The van der Waals surface area contributed by atoms with Gasteiger partial charge < -0.3 is 10.2 Å². The Labute approximate surface area is 100 Å². The number of pyridine rings is 1. The summed E-state index contributed by atoms with van der Waals surface area (Å²) >= 11 is 0. The average molecular weight is 229 g/mol. The second kappa shape index (κ2) is 4.82. The highest BCUT2D eigenvalue weighted by atomic mass is 16.2. The minimum Gasteiger partial charge on any atom is -0.376 e. The third-order valence-electron chi connectivity index (χ3n) is 2.58. The molecular weight excluding hydrogens is 214 g/mol. The fourth-order valence-corrected chi connectivity index (χ4v) is 1.58. The summed E-state index contributed by atoms with van der Waals surface area (Å²) in [5.41, 5.74) is 1.86. The summed E-state index contributed by atoms with van der Waals surface area (Å²) in [5.74, 6) is 0.0471. The van der Waals surface area contributed by atoms with Gasteiger partial charge in [-0.05, 0) is 12.1 Å². The smallest absolute Gasteiger partial charge is 0.241 e. The lowest BCUT2D eigenvalue weighted by Crippen LogP contribution is -2.28. The van der Waals surface area contributed by atoms with Crippen molar-refractivity contribution in [3.63, 3.8) is 0 Å². The number of amides is 1. The summed E-state index contributed by atoms with van der Waals surface area (Å²) in [5, 5.41) is 4.17. The Morgan fingerprint density at radius 3 is 2.82 bits per heavy atom. The molecule has 0 saturated heterocycles. The molecule has 2 rings (SSSR count). The largest absolute Gasteiger partial charge is 0.376 e. The molecule has 1 aromatic carbocycles. The van der Waals surface area contributed by atoms with Gasteiger partial charge in [-0.1, -0.05) is 18.2 Å². The first-order valence-electron chi connectivity index (χ1n) is 5.46. The summed E-state index contributed by atoms with van der Waals surface area (Å²) in [7, 11) is 3.49. The van der Waals surface area contributed by atoms with Crippen molar-refractivity contribution in [2.75, 3.05) is 26.0 Å². The number of nitrogens with one attached hydrogen (secondary N) is 1. The van der Waals surface area contributed by atoms with Gasteiger partial charge in [-0.3, -0.25) is 9.78 Å². The highest BCUT2D eigenvalue weighted by Crippen LogP contribution is 2.20. The predicted octanol–water partition coefficient (Wildman–Crippen LogP) is 1.73. The topological polar surface area (TPSA) is 45.2 Å². The molecule has 17 heavy (non-hydrogen) atoms. The van der Waals surface area contributed by atoms with Crippen LogP contribution in [-0.4, -0.2) is 36.4 Å². The van der Waals surface area contributed by atoms with Crippen LogP contribution in [0.3, 0.4) is 0 Å². The summed E-state index contributed by atoms with van der Waals surface area (Å²) < 4.78 is 0. The van der Waals surface area contributed by atoms with Crippen molar-refractivity contribution in [2.24, 2.45) is 0 Å². The highest BCUT2D eigenvalue weighted by molar-refractivity contribution is 5.92. The molecule has 1 amide bonds. The molecule has 4 nitrogen and oxygen atoms in total. The molecule has 0 aliphatic carbocycles. The van der Waals surface area contributed by atoms with Gasteiger partial charge in [0.25, 0.3) is 0 Å². The number of aromatic nitrogens is 1. The lowest BCUT2D eigenvalue weighted by molar-refractivity contribution is -0.126. The summed E-state index contributed by atoms with van der Waals surface area (Å²) in [4.78, 5) is 17.3. The molecule has 0 radical (unpaired) electrons. The molecule has 0 atom stereocenters. The monoisotopic (exact) mass is 229 g/mol. The first-order valence-corrected chi connectivity index (χ1v) is 5.46. The summed E-state index contributed by atoms with van der Waals surface area (Å²) in [6.07, 6.45) is 1.74. The Morgan fingerprint density at radius 1 is 1.29 bits per heavy atom. The second-order valence-corrected chi connectivity index (χ2v) is 4.02. The van der Waals surface area contributed by atoms with E-state index in [0.717, 1.165) is 16.6 Å². The first-order chi connectivity index (χ1) is 8.18. The third-order valence-corrected chi connectivity index (χ3v) is 2.58. The lowest BCUT2D eigenvalue weighted by atomic mass is 10.2. The molecule has 1 N–H and O–H groups in total. The van der Waals surface area contributed by atoms with E-state index in [-0.39, 0.29) is 5.91 Å². The Balaban J connectivity index is 2.21. The minimum absolute atomic E-state index is 0.0471. The van der Waals surface area contributed by atoms with Crippen LogP contribution in [0.2, 0.25) is 0 Å². The van der Waals surface area contributed by atoms with Crippen LogP contribution in [0.15, 0.2) is 36.5 Å². The van der Waals surface area contributed by atoms with E-state index in [9.17, 15) is 4.79 Å². The molecule has 1 heterocycles. The Bertz CT molecular complexity index is 532. The number of anilines is 1. The number of nitrogens with zero attached hydrogens (tertiary/aromatic N) is 2. The Morgan fingerprint density at radius 2 is 2.06 bits per heavy atom. The van der Waals surface area contributed by atoms with Crippen molar-refractivity contribution in [3.05, 3.63) is 36.5 Å². The number of carbonyl (C=O) groups excluding carboxylic acids is 1. The van der Waals surface area contributed by atoms with Crippen molar-refractivity contribution >= 4 is 22.5 Å².